The zero-order valence-corrected chi connectivity index (χ0v) is 15.4. The lowest BCUT2D eigenvalue weighted by Gasteiger charge is -2.21. The lowest BCUT2D eigenvalue weighted by molar-refractivity contribution is 0.209. The Hall–Kier alpha value is -1.85. The topological polar surface area (TPSA) is 56.3 Å². The lowest BCUT2D eigenvalue weighted by Crippen LogP contribution is -2.15. The Morgan fingerprint density at radius 1 is 1.08 bits per heavy atom. The van der Waals surface area contributed by atoms with Crippen molar-refractivity contribution in [2.45, 2.75) is 32.1 Å². The second-order valence-corrected chi connectivity index (χ2v) is 7.64. The van der Waals surface area contributed by atoms with Gasteiger partial charge in [-0.2, -0.15) is 0 Å². The number of hydrogen-bond donors (Lipinski definition) is 2. The third-order valence-electron chi connectivity index (χ3n) is 4.40. The van der Waals surface area contributed by atoms with Crippen LogP contribution in [0.3, 0.4) is 0 Å². The summed E-state index contributed by atoms with van der Waals surface area (Å²) < 4.78 is 20.1. The Kier molecular flexibility index (Phi) is 6.48. The second kappa shape index (κ2) is 9.02. The molecule has 0 amide bonds. The van der Waals surface area contributed by atoms with Crippen LogP contribution < -0.4 is 14.8 Å². The molecule has 4 nitrogen and oxygen atoms in total. The van der Waals surface area contributed by atoms with Crippen LogP contribution in [0.1, 0.15) is 32.1 Å². The van der Waals surface area contributed by atoms with Crippen LogP contribution in [-0.4, -0.2) is 17.4 Å². The van der Waals surface area contributed by atoms with Crippen molar-refractivity contribution in [3.05, 3.63) is 48.5 Å². The summed E-state index contributed by atoms with van der Waals surface area (Å²) in [6.07, 6.45) is 8.25. The maximum Gasteiger partial charge on any atom is 0.121 e. The van der Waals surface area contributed by atoms with Crippen LogP contribution in [0.15, 0.2) is 42.5 Å². The highest BCUT2D eigenvalue weighted by Crippen LogP contribution is 2.26. The van der Waals surface area contributed by atoms with Crippen molar-refractivity contribution >= 4 is 28.4 Å². The Morgan fingerprint density at radius 2 is 1.80 bits per heavy atom. The first-order chi connectivity index (χ1) is 12.2. The van der Waals surface area contributed by atoms with Crippen LogP contribution in [0.2, 0.25) is 0 Å². The zero-order chi connectivity index (χ0) is 17.5. The third kappa shape index (κ3) is 5.87. The number of hydrogen-bond acceptors (Lipinski definition) is 4. The number of anilines is 3. The summed E-state index contributed by atoms with van der Waals surface area (Å²) in [5.74, 6) is 1.63. The van der Waals surface area contributed by atoms with Gasteiger partial charge in [0.1, 0.15) is 12.0 Å². The smallest absolute Gasteiger partial charge is 0.121 e. The van der Waals surface area contributed by atoms with E-state index in [4.69, 9.17) is 4.74 Å². The van der Waals surface area contributed by atoms with Crippen molar-refractivity contribution in [1.82, 2.24) is 0 Å². The van der Waals surface area contributed by atoms with Gasteiger partial charge in [-0.3, -0.25) is 0 Å². The average Bonchev–Trinajstić information content (AvgIpc) is 2.62. The molecule has 1 atom stereocenters. The van der Waals surface area contributed by atoms with Gasteiger partial charge in [-0.25, -0.2) is 4.72 Å². The molecule has 0 aliphatic heterocycles. The molecule has 2 aromatic carbocycles. The molecule has 0 aromatic heterocycles. The maximum absolute atomic E-state index is 11.2. The maximum atomic E-state index is 11.2. The van der Waals surface area contributed by atoms with Crippen molar-refractivity contribution in [3.63, 3.8) is 0 Å². The van der Waals surface area contributed by atoms with Crippen molar-refractivity contribution in [2.75, 3.05) is 22.9 Å². The fourth-order valence-electron chi connectivity index (χ4n) is 3.14. The van der Waals surface area contributed by atoms with E-state index in [9.17, 15) is 4.55 Å². The van der Waals surface area contributed by atoms with Gasteiger partial charge in [-0.05, 0) is 67.3 Å². The van der Waals surface area contributed by atoms with Crippen molar-refractivity contribution in [1.29, 1.82) is 0 Å². The van der Waals surface area contributed by atoms with E-state index in [-0.39, 0.29) is 0 Å². The summed E-state index contributed by atoms with van der Waals surface area (Å²) >= 11 is -1.09. The molecule has 1 fully saturated rings. The van der Waals surface area contributed by atoms with Crippen LogP contribution in [-0.2, 0) is 11.4 Å². The molecule has 1 aliphatic rings. The molecule has 1 aliphatic carbocycles. The van der Waals surface area contributed by atoms with Crippen molar-refractivity contribution in [2.24, 2.45) is 5.92 Å². The van der Waals surface area contributed by atoms with Crippen LogP contribution >= 0.6 is 0 Å². The predicted octanol–water partition coefficient (Wildman–Crippen LogP) is 4.89. The Balaban J connectivity index is 1.53. The molecule has 1 saturated carbocycles. The van der Waals surface area contributed by atoms with Gasteiger partial charge in [0.05, 0.1) is 23.7 Å². The average molecular weight is 357 g/mol. The number of ether oxygens (including phenoxy) is 1. The van der Waals surface area contributed by atoms with Gasteiger partial charge in [0.15, 0.2) is 0 Å². The van der Waals surface area contributed by atoms with E-state index in [0.717, 1.165) is 29.4 Å². The number of benzene rings is 2. The molecule has 2 aromatic rings. The van der Waals surface area contributed by atoms with E-state index < -0.39 is 11.4 Å². The molecule has 1 unspecified atom stereocenters. The molecule has 0 bridgehead atoms. The second-order valence-electron chi connectivity index (χ2n) is 6.53. The fraction of sp³-hybridized carbons (Fsp3) is 0.400. The highest BCUT2D eigenvalue weighted by Gasteiger charge is 2.13. The van der Waals surface area contributed by atoms with Crippen LogP contribution in [0, 0.1) is 12.0 Å². The first kappa shape index (κ1) is 18.0. The monoisotopic (exact) mass is 357 g/mol. The lowest BCUT2D eigenvalue weighted by atomic mass is 9.90. The minimum Gasteiger partial charge on any atom is -0.593 e. The van der Waals surface area contributed by atoms with E-state index in [0.29, 0.717) is 5.92 Å². The first-order valence-corrected chi connectivity index (χ1v) is 10.4. The summed E-state index contributed by atoms with van der Waals surface area (Å²) in [5, 5.41) is 3.32. The van der Waals surface area contributed by atoms with Gasteiger partial charge in [0.2, 0.25) is 0 Å². The van der Waals surface area contributed by atoms with E-state index >= 15 is 0 Å². The molecule has 25 heavy (non-hydrogen) atoms. The zero-order valence-electron chi connectivity index (χ0n) is 14.6. The molecular formula is C20H25N2O2S. The molecule has 3 rings (SSSR count). The minimum atomic E-state index is -1.09. The molecule has 0 spiro atoms. The fourth-order valence-corrected chi connectivity index (χ4v) is 3.59. The number of nitrogens with one attached hydrogen (secondary N) is 2. The highest BCUT2D eigenvalue weighted by molar-refractivity contribution is 7.92. The highest BCUT2D eigenvalue weighted by atomic mass is 32.2. The van der Waals surface area contributed by atoms with Crippen LogP contribution in [0.25, 0.3) is 0 Å². The van der Waals surface area contributed by atoms with Gasteiger partial charge in [0.25, 0.3) is 0 Å². The summed E-state index contributed by atoms with van der Waals surface area (Å²) in [7, 11) is 0. The van der Waals surface area contributed by atoms with Crippen LogP contribution in [0.5, 0.6) is 5.75 Å². The van der Waals surface area contributed by atoms with Crippen molar-refractivity contribution in [3.8, 4) is 5.75 Å². The molecule has 2 N–H and O–H groups in total. The van der Waals surface area contributed by atoms with Gasteiger partial charge < -0.3 is 14.6 Å². The Morgan fingerprint density at radius 3 is 2.52 bits per heavy atom. The first-order valence-electron chi connectivity index (χ1n) is 8.80. The molecule has 0 heterocycles. The van der Waals surface area contributed by atoms with Gasteiger partial charge >= 0.3 is 0 Å². The molecule has 5 heteroatoms. The predicted molar refractivity (Wildman–Crippen MR) is 105 cm³/mol. The van der Waals surface area contributed by atoms with Crippen molar-refractivity contribution < 1.29 is 9.29 Å². The Labute approximate surface area is 153 Å². The number of rotatable bonds is 7. The summed E-state index contributed by atoms with van der Waals surface area (Å²) in [4.78, 5) is 0. The van der Waals surface area contributed by atoms with Crippen LogP contribution in [0.4, 0.5) is 17.1 Å². The van der Waals surface area contributed by atoms with E-state index in [1.807, 2.05) is 36.4 Å². The van der Waals surface area contributed by atoms with E-state index in [1.54, 1.807) is 12.3 Å². The standard InChI is InChI=1S/C20H25N2O2S/c1-25(23)22-19-9-5-8-18(14-19)21-17-10-12-20(13-11-17)24-15-16-6-3-2-4-7-16/h8-14,16,21-22H,2-4,6-7,15H2,1H3. The SMILES string of the molecule is C[S+]([O-])Nc1c[c]cc(Nc2ccc(OCC3CCCCC3)cc2)c1. The third-order valence-corrected chi connectivity index (χ3v) is 4.93. The van der Waals surface area contributed by atoms with E-state index in [1.165, 1.54) is 32.1 Å². The largest absolute Gasteiger partial charge is 0.593 e. The molecule has 0 saturated heterocycles. The van der Waals surface area contributed by atoms with Gasteiger partial charge in [0, 0.05) is 11.4 Å². The minimum absolute atomic E-state index is 0.710. The molecule has 133 valence electrons. The normalized spacial score (nSPS) is 16.2. The van der Waals surface area contributed by atoms with Gasteiger partial charge in [-0.1, -0.05) is 19.3 Å². The molecular weight excluding hydrogens is 332 g/mol. The van der Waals surface area contributed by atoms with E-state index in [2.05, 4.69) is 16.1 Å². The molecule has 1 radical (unpaired) electrons. The quantitative estimate of drug-likeness (QED) is 0.692. The summed E-state index contributed by atoms with van der Waals surface area (Å²) in [6.45, 7) is 0.823. The summed E-state index contributed by atoms with van der Waals surface area (Å²) in [5.41, 5.74) is 2.65. The van der Waals surface area contributed by atoms with Gasteiger partial charge in [-0.15, -0.1) is 0 Å². The Bertz CT molecular complexity index is 655. The summed E-state index contributed by atoms with van der Waals surface area (Å²) in [6, 6.07) is 16.6.